The molecule has 0 bridgehead atoms. The van der Waals surface area contributed by atoms with Gasteiger partial charge in [-0.15, -0.1) is 0 Å². The largest absolute Gasteiger partial charge is 0.341 e. The average Bonchev–Trinajstić information content (AvgIpc) is 2.84. The number of carbonyl (C=O) groups excluding carboxylic acids is 2. The third kappa shape index (κ3) is 6.79. The fourth-order valence-electron chi connectivity index (χ4n) is 4.75. The van der Waals surface area contributed by atoms with Gasteiger partial charge in [0.2, 0.25) is 5.91 Å². The minimum atomic E-state index is -0.291. The average molecular weight is 466 g/mol. The predicted molar refractivity (Wildman–Crippen MR) is 137 cm³/mol. The number of anilines is 1. The summed E-state index contributed by atoms with van der Waals surface area (Å²) in [5.41, 5.74) is 3.49. The first kappa shape index (κ1) is 25.7. The number of hydrogen-bond donors (Lipinski definition) is 2. The van der Waals surface area contributed by atoms with Gasteiger partial charge in [0.05, 0.1) is 5.41 Å². The van der Waals surface area contributed by atoms with E-state index < -0.39 is 0 Å². The van der Waals surface area contributed by atoms with Crippen LogP contribution >= 0.6 is 0 Å². The van der Waals surface area contributed by atoms with E-state index in [0.29, 0.717) is 13.1 Å². The number of urea groups is 1. The number of likely N-dealkylation sites (tertiary alicyclic amines) is 1. The van der Waals surface area contributed by atoms with Gasteiger partial charge in [0.25, 0.3) is 0 Å². The minimum absolute atomic E-state index is 0.203. The maximum atomic E-state index is 13.3. The zero-order valence-corrected chi connectivity index (χ0v) is 21.1. The van der Waals surface area contributed by atoms with E-state index in [2.05, 4.69) is 39.6 Å². The van der Waals surface area contributed by atoms with Crippen molar-refractivity contribution in [2.75, 3.05) is 38.5 Å². The van der Waals surface area contributed by atoms with Crippen molar-refractivity contribution >= 4 is 17.6 Å². The molecule has 1 aliphatic rings. The zero-order chi connectivity index (χ0) is 24.6. The Kier molecular flexibility index (Phi) is 9.05. The van der Waals surface area contributed by atoms with Gasteiger partial charge < -0.3 is 20.4 Å². The molecule has 1 aromatic heterocycles. The van der Waals surface area contributed by atoms with E-state index in [9.17, 15) is 9.59 Å². The van der Waals surface area contributed by atoms with Crippen LogP contribution in [0.1, 0.15) is 50.1 Å². The van der Waals surface area contributed by atoms with Crippen molar-refractivity contribution in [1.82, 2.24) is 20.1 Å². The third-order valence-electron chi connectivity index (χ3n) is 6.89. The van der Waals surface area contributed by atoms with Crippen molar-refractivity contribution in [3.8, 4) is 0 Å². The number of carbonyl (C=O) groups is 2. The quantitative estimate of drug-likeness (QED) is 0.581. The van der Waals surface area contributed by atoms with Gasteiger partial charge in [-0.25, -0.2) is 4.79 Å². The van der Waals surface area contributed by atoms with Crippen molar-refractivity contribution in [1.29, 1.82) is 0 Å². The fraction of sp³-hybridized carbons (Fsp3) is 0.519. The summed E-state index contributed by atoms with van der Waals surface area (Å²) in [6, 6.07) is 13.7. The maximum absolute atomic E-state index is 13.3. The second-order valence-corrected chi connectivity index (χ2v) is 9.35. The first-order valence-corrected chi connectivity index (χ1v) is 12.4. The molecular weight excluding hydrogens is 426 g/mol. The SMILES string of the molecule is CCc1cc(NC(=O)NCCN2CCC(CC)(C(=O)N(C)Cc3ccccc3)CC2)cc(C)n1. The molecular formula is C27H39N5O2. The molecule has 0 atom stereocenters. The molecule has 7 heteroatoms. The standard InChI is InChI=1S/C27H39N5O2/c1-5-23-19-24(18-21(3)29-23)30-26(34)28-14-17-32-15-12-27(6-2,13-16-32)25(33)31(4)20-22-10-8-7-9-11-22/h7-11,18-19H,5-6,12-17,20H2,1-4H3,(H2,28,29,30,34). The molecule has 7 nitrogen and oxygen atoms in total. The minimum Gasteiger partial charge on any atom is -0.341 e. The van der Waals surface area contributed by atoms with E-state index in [-0.39, 0.29) is 17.4 Å². The summed E-state index contributed by atoms with van der Waals surface area (Å²) in [6.07, 6.45) is 3.38. The highest BCUT2D eigenvalue weighted by atomic mass is 16.2. The summed E-state index contributed by atoms with van der Waals surface area (Å²) in [6.45, 7) is 9.82. The van der Waals surface area contributed by atoms with Crippen molar-refractivity contribution in [3.05, 3.63) is 59.4 Å². The molecule has 3 rings (SSSR count). The molecule has 1 aliphatic heterocycles. The smallest absolute Gasteiger partial charge is 0.319 e. The molecule has 1 fully saturated rings. The second kappa shape index (κ2) is 12.0. The molecule has 184 valence electrons. The van der Waals surface area contributed by atoms with Crippen LogP contribution in [0.3, 0.4) is 0 Å². The van der Waals surface area contributed by atoms with Gasteiger partial charge in [-0.1, -0.05) is 44.2 Å². The Labute approximate surface area is 203 Å². The Morgan fingerprint density at radius 3 is 2.47 bits per heavy atom. The molecule has 0 radical (unpaired) electrons. The lowest BCUT2D eigenvalue weighted by Crippen LogP contribution is -2.50. The Balaban J connectivity index is 1.44. The number of amides is 3. The zero-order valence-electron chi connectivity index (χ0n) is 21.1. The van der Waals surface area contributed by atoms with Crippen LogP contribution in [0, 0.1) is 12.3 Å². The first-order valence-electron chi connectivity index (χ1n) is 12.4. The van der Waals surface area contributed by atoms with E-state index in [1.807, 2.05) is 56.1 Å². The molecule has 0 saturated carbocycles. The molecule has 1 saturated heterocycles. The molecule has 0 aliphatic carbocycles. The molecule has 0 unspecified atom stereocenters. The Hall–Kier alpha value is -2.93. The Bertz CT molecular complexity index is 955. The predicted octanol–water partition coefficient (Wildman–Crippen LogP) is 4.22. The highest BCUT2D eigenvalue weighted by Crippen LogP contribution is 2.37. The van der Waals surface area contributed by atoms with Gasteiger partial charge in [0, 0.05) is 43.8 Å². The third-order valence-corrected chi connectivity index (χ3v) is 6.89. The molecule has 2 heterocycles. The highest BCUT2D eigenvalue weighted by Gasteiger charge is 2.41. The number of hydrogen-bond acceptors (Lipinski definition) is 4. The first-order chi connectivity index (χ1) is 16.3. The van der Waals surface area contributed by atoms with E-state index in [0.717, 1.165) is 68.0 Å². The number of aromatic nitrogens is 1. The molecule has 1 aromatic carbocycles. The van der Waals surface area contributed by atoms with Crippen LogP contribution < -0.4 is 10.6 Å². The van der Waals surface area contributed by atoms with Crippen LogP contribution in [-0.4, -0.2) is 59.9 Å². The molecule has 3 amide bonds. The topological polar surface area (TPSA) is 77.6 Å². The van der Waals surface area contributed by atoms with Gasteiger partial charge in [0.1, 0.15) is 0 Å². The number of nitrogens with one attached hydrogen (secondary N) is 2. The number of pyridine rings is 1. The summed E-state index contributed by atoms with van der Waals surface area (Å²) in [7, 11) is 1.91. The normalized spacial score (nSPS) is 15.5. The van der Waals surface area contributed by atoms with Crippen LogP contribution in [0.2, 0.25) is 0 Å². The molecule has 34 heavy (non-hydrogen) atoms. The highest BCUT2D eigenvalue weighted by molar-refractivity contribution is 5.89. The van der Waals surface area contributed by atoms with Gasteiger partial charge in [0.15, 0.2) is 0 Å². The summed E-state index contributed by atoms with van der Waals surface area (Å²) in [5.74, 6) is 0.245. The van der Waals surface area contributed by atoms with Gasteiger partial charge in [-0.2, -0.15) is 0 Å². The maximum Gasteiger partial charge on any atom is 0.319 e. The van der Waals surface area contributed by atoms with Gasteiger partial charge in [-0.05, 0) is 63.4 Å². The van der Waals surface area contributed by atoms with Crippen molar-refractivity contribution in [3.63, 3.8) is 0 Å². The number of aryl methyl sites for hydroxylation is 2. The van der Waals surface area contributed by atoms with E-state index >= 15 is 0 Å². The van der Waals surface area contributed by atoms with Crippen LogP contribution in [-0.2, 0) is 17.8 Å². The van der Waals surface area contributed by atoms with Crippen molar-refractivity contribution in [2.45, 2.75) is 53.0 Å². The lowest BCUT2D eigenvalue weighted by Gasteiger charge is -2.42. The Morgan fingerprint density at radius 1 is 1.12 bits per heavy atom. The van der Waals surface area contributed by atoms with E-state index in [1.165, 1.54) is 0 Å². The van der Waals surface area contributed by atoms with Crippen molar-refractivity contribution < 1.29 is 9.59 Å². The van der Waals surface area contributed by atoms with E-state index in [4.69, 9.17) is 0 Å². The second-order valence-electron chi connectivity index (χ2n) is 9.35. The summed E-state index contributed by atoms with van der Waals surface area (Å²) < 4.78 is 0. The van der Waals surface area contributed by atoms with Gasteiger partial charge in [-0.3, -0.25) is 9.78 Å². The van der Waals surface area contributed by atoms with Crippen LogP contribution in [0.5, 0.6) is 0 Å². The monoisotopic (exact) mass is 465 g/mol. The van der Waals surface area contributed by atoms with Crippen LogP contribution in [0.4, 0.5) is 10.5 Å². The summed E-state index contributed by atoms with van der Waals surface area (Å²) in [4.78, 5) is 34.3. The molecule has 2 aromatic rings. The van der Waals surface area contributed by atoms with Gasteiger partial charge >= 0.3 is 6.03 Å². The van der Waals surface area contributed by atoms with E-state index in [1.54, 1.807) is 0 Å². The Morgan fingerprint density at radius 2 is 1.82 bits per heavy atom. The number of piperidine rings is 1. The number of nitrogens with zero attached hydrogens (tertiary/aromatic N) is 3. The number of benzene rings is 1. The lowest BCUT2D eigenvalue weighted by molar-refractivity contribution is -0.144. The van der Waals surface area contributed by atoms with Crippen LogP contribution in [0.15, 0.2) is 42.5 Å². The lowest BCUT2D eigenvalue weighted by atomic mass is 9.75. The molecule has 0 spiro atoms. The van der Waals surface area contributed by atoms with Crippen molar-refractivity contribution in [2.24, 2.45) is 5.41 Å². The summed E-state index contributed by atoms with van der Waals surface area (Å²) in [5, 5.41) is 5.86. The number of rotatable bonds is 9. The van der Waals surface area contributed by atoms with Crippen LogP contribution in [0.25, 0.3) is 0 Å². The summed E-state index contributed by atoms with van der Waals surface area (Å²) >= 11 is 0. The fourth-order valence-corrected chi connectivity index (χ4v) is 4.75. The molecule has 2 N–H and O–H groups in total.